The molecule has 1 aliphatic rings. The Morgan fingerprint density at radius 1 is 1.19 bits per heavy atom. The number of phenolic OH excluding ortho intramolecular Hbond substituents is 1. The van der Waals surface area contributed by atoms with Crippen LogP contribution in [0.15, 0.2) is 54.9 Å². The number of aromatic amines is 1. The van der Waals surface area contributed by atoms with E-state index in [-0.39, 0.29) is 17.6 Å². The number of nitrogens with one attached hydrogen (secondary N) is 2. The topological polar surface area (TPSA) is 90.9 Å². The zero-order valence-corrected chi connectivity index (χ0v) is 14.2. The number of rotatable bonds is 4. The van der Waals surface area contributed by atoms with Crippen molar-refractivity contribution in [1.82, 2.24) is 20.5 Å². The summed E-state index contributed by atoms with van der Waals surface area (Å²) in [6.45, 7) is 0. The maximum absolute atomic E-state index is 13.1. The van der Waals surface area contributed by atoms with Gasteiger partial charge in [-0.1, -0.05) is 42.5 Å². The second-order valence-corrected chi connectivity index (χ2v) is 6.51. The molecule has 0 spiro atoms. The number of hydrogen-bond donors (Lipinski definition) is 3. The second kappa shape index (κ2) is 7.00. The average molecular weight is 348 g/mol. The summed E-state index contributed by atoms with van der Waals surface area (Å²) in [4.78, 5) is 17.3. The number of amides is 1. The van der Waals surface area contributed by atoms with Crippen molar-refractivity contribution in [2.24, 2.45) is 0 Å². The van der Waals surface area contributed by atoms with Crippen LogP contribution in [0.1, 0.15) is 47.3 Å². The third-order valence-corrected chi connectivity index (χ3v) is 4.93. The fourth-order valence-corrected chi connectivity index (χ4v) is 3.65. The number of fused-ring (bicyclic) bond motifs is 1. The predicted molar refractivity (Wildman–Crippen MR) is 96.6 cm³/mol. The number of carbonyl (C=O) groups is 1. The van der Waals surface area contributed by atoms with E-state index in [0.29, 0.717) is 5.82 Å². The smallest absolute Gasteiger partial charge is 0.228 e. The molecule has 2 unspecified atom stereocenters. The number of nitrogens with zero attached hydrogens (tertiary/aromatic N) is 2. The van der Waals surface area contributed by atoms with Crippen LogP contribution in [0.5, 0.6) is 5.75 Å². The molecule has 26 heavy (non-hydrogen) atoms. The molecule has 0 saturated heterocycles. The van der Waals surface area contributed by atoms with Crippen LogP contribution in [-0.2, 0) is 11.2 Å². The maximum atomic E-state index is 13.1. The lowest BCUT2D eigenvalue weighted by atomic mass is 9.81. The number of aromatic nitrogens is 3. The van der Waals surface area contributed by atoms with Crippen LogP contribution in [0, 0.1) is 0 Å². The SMILES string of the molecule is O=C(NC(c1ccccc1)c1ncn[nH]1)C1CCCc2c(O)cccc21. The number of carbonyl (C=O) groups excluding carboxylic acids is 1. The van der Waals surface area contributed by atoms with Gasteiger partial charge in [-0.25, -0.2) is 4.98 Å². The number of H-pyrrole nitrogens is 1. The molecule has 0 bridgehead atoms. The third kappa shape index (κ3) is 3.06. The highest BCUT2D eigenvalue weighted by Gasteiger charge is 2.30. The van der Waals surface area contributed by atoms with Crippen LogP contribution in [0.25, 0.3) is 0 Å². The van der Waals surface area contributed by atoms with E-state index in [1.165, 1.54) is 6.33 Å². The van der Waals surface area contributed by atoms with Gasteiger partial charge in [-0.2, -0.15) is 5.10 Å². The minimum Gasteiger partial charge on any atom is -0.508 e. The molecule has 3 N–H and O–H groups in total. The van der Waals surface area contributed by atoms with E-state index in [4.69, 9.17) is 0 Å². The lowest BCUT2D eigenvalue weighted by Crippen LogP contribution is -2.35. The largest absolute Gasteiger partial charge is 0.508 e. The van der Waals surface area contributed by atoms with Crippen molar-refractivity contribution in [1.29, 1.82) is 0 Å². The Bertz CT molecular complexity index is 893. The van der Waals surface area contributed by atoms with E-state index in [0.717, 1.165) is 36.0 Å². The lowest BCUT2D eigenvalue weighted by Gasteiger charge is -2.27. The molecule has 1 aliphatic carbocycles. The fourth-order valence-electron chi connectivity index (χ4n) is 3.65. The monoisotopic (exact) mass is 348 g/mol. The molecule has 4 rings (SSSR count). The first kappa shape index (κ1) is 16.3. The van der Waals surface area contributed by atoms with Gasteiger partial charge in [0.15, 0.2) is 5.82 Å². The van der Waals surface area contributed by atoms with E-state index in [9.17, 15) is 9.90 Å². The first-order valence-corrected chi connectivity index (χ1v) is 8.75. The number of aromatic hydroxyl groups is 1. The molecule has 1 amide bonds. The molecule has 6 heteroatoms. The summed E-state index contributed by atoms with van der Waals surface area (Å²) in [7, 11) is 0. The molecule has 3 aromatic rings. The van der Waals surface area contributed by atoms with Gasteiger partial charge in [-0.05, 0) is 42.0 Å². The Labute approximate surface area is 151 Å². The van der Waals surface area contributed by atoms with Crippen molar-refractivity contribution in [2.45, 2.75) is 31.2 Å². The van der Waals surface area contributed by atoms with E-state index in [2.05, 4.69) is 20.5 Å². The zero-order valence-electron chi connectivity index (χ0n) is 14.2. The summed E-state index contributed by atoms with van der Waals surface area (Å²) in [5.41, 5.74) is 2.73. The van der Waals surface area contributed by atoms with Gasteiger partial charge in [-0.3, -0.25) is 9.89 Å². The molecule has 2 atom stereocenters. The van der Waals surface area contributed by atoms with Gasteiger partial charge in [0.1, 0.15) is 18.1 Å². The molecular formula is C20H20N4O2. The lowest BCUT2D eigenvalue weighted by molar-refractivity contribution is -0.123. The highest BCUT2D eigenvalue weighted by Crippen LogP contribution is 2.36. The van der Waals surface area contributed by atoms with Gasteiger partial charge in [0, 0.05) is 0 Å². The second-order valence-electron chi connectivity index (χ2n) is 6.51. The highest BCUT2D eigenvalue weighted by molar-refractivity contribution is 5.85. The van der Waals surface area contributed by atoms with Crippen LogP contribution >= 0.6 is 0 Å². The summed E-state index contributed by atoms with van der Waals surface area (Å²) in [6, 6.07) is 14.7. The van der Waals surface area contributed by atoms with Crippen LogP contribution in [0.3, 0.4) is 0 Å². The molecule has 1 aromatic heterocycles. The fraction of sp³-hybridized carbons (Fsp3) is 0.250. The highest BCUT2D eigenvalue weighted by atomic mass is 16.3. The van der Waals surface area contributed by atoms with Gasteiger partial charge < -0.3 is 10.4 Å². The average Bonchev–Trinajstić information content (AvgIpc) is 3.21. The Kier molecular flexibility index (Phi) is 4.39. The van der Waals surface area contributed by atoms with Gasteiger partial charge in [-0.15, -0.1) is 0 Å². The van der Waals surface area contributed by atoms with Crippen LogP contribution in [-0.4, -0.2) is 26.2 Å². The molecule has 6 nitrogen and oxygen atoms in total. The van der Waals surface area contributed by atoms with Crippen molar-refractivity contribution in [3.8, 4) is 5.75 Å². The Morgan fingerprint density at radius 2 is 2.04 bits per heavy atom. The summed E-state index contributed by atoms with van der Waals surface area (Å²) >= 11 is 0. The minimum absolute atomic E-state index is 0.0678. The molecule has 1 heterocycles. The number of hydrogen-bond acceptors (Lipinski definition) is 4. The summed E-state index contributed by atoms with van der Waals surface area (Å²) in [5.74, 6) is 0.521. The van der Waals surface area contributed by atoms with Gasteiger partial charge in [0.2, 0.25) is 5.91 Å². The third-order valence-electron chi connectivity index (χ3n) is 4.93. The Morgan fingerprint density at radius 3 is 2.81 bits per heavy atom. The van der Waals surface area contributed by atoms with E-state index >= 15 is 0 Å². The summed E-state index contributed by atoms with van der Waals surface area (Å²) < 4.78 is 0. The van der Waals surface area contributed by atoms with Crippen LogP contribution < -0.4 is 5.32 Å². The molecule has 2 aromatic carbocycles. The quantitative estimate of drug-likeness (QED) is 0.676. The standard InChI is InChI=1S/C20H20N4O2/c25-17-11-5-8-14-15(17)9-4-10-16(14)20(26)23-18(19-21-12-22-24-19)13-6-2-1-3-7-13/h1-3,5-8,11-12,16,18,25H,4,9-10H2,(H,23,26)(H,21,22,24). The van der Waals surface area contributed by atoms with Crippen molar-refractivity contribution >= 4 is 5.91 Å². The van der Waals surface area contributed by atoms with E-state index in [1.54, 1.807) is 12.1 Å². The van der Waals surface area contributed by atoms with E-state index < -0.39 is 6.04 Å². The summed E-state index contributed by atoms with van der Waals surface area (Å²) in [6.07, 6.45) is 3.88. The molecular weight excluding hydrogens is 328 g/mol. The molecule has 0 saturated carbocycles. The Balaban J connectivity index is 1.64. The maximum Gasteiger partial charge on any atom is 0.228 e. The normalized spacial score (nSPS) is 17.3. The number of benzene rings is 2. The van der Waals surface area contributed by atoms with Gasteiger partial charge in [0.05, 0.1) is 5.92 Å². The molecule has 0 aliphatic heterocycles. The molecule has 0 fully saturated rings. The van der Waals surface area contributed by atoms with Gasteiger partial charge in [0.25, 0.3) is 0 Å². The zero-order chi connectivity index (χ0) is 17.9. The summed E-state index contributed by atoms with van der Waals surface area (Å²) in [5, 5.41) is 20.0. The number of phenols is 1. The van der Waals surface area contributed by atoms with Crippen molar-refractivity contribution in [3.05, 3.63) is 77.4 Å². The van der Waals surface area contributed by atoms with Crippen molar-refractivity contribution in [3.63, 3.8) is 0 Å². The van der Waals surface area contributed by atoms with Crippen molar-refractivity contribution in [2.75, 3.05) is 0 Å². The van der Waals surface area contributed by atoms with E-state index in [1.807, 2.05) is 36.4 Å². The van der Waals surface area contributed by atoms with Crippen LogP contribution in [0.2, 0.25) is 0 Å². The van der Waals surface area contributed by atoms with Gasteiger partial charge >= 0.3 is 0 Å². The Hall–Kier alpha value is -3.15. The predicted octanol–water partition coefficient (Wildman–Crippen LogP) is 2.84. The minimum atomic E-state index is -0.395. The molecule has 0 radical (unpaired) electrons. The first-order chi connectivity index (χ1) is 12.7. The van der Waals surface area contributed by atoms with Crippen molar-refractivity contribution < 1.29 is 9.90 Å². The first-order valence-electron chi connectivity index (χ1n) is 8.75. The molecule has 132 valence electrons. The van der Waals surface area contributed by atoms with Crippen LogP contribution in [0.4, 0.5) is 0 Å².